The first kappa shape index (κ1) is 32.1. The lowest BCUT2D eigenvalue weighted by Gasteiger charge is -2.28. The molecule has 11 heteroatoms. The molecule has 0 heterocycles. The second-order valence-corrected chi connectivity index (χ2v) is 9.89. The molecule has 38 heavy (non-hydrogen) atoms. The number of carbonyl (C=O) groups is 5. The Morgan fingerprint density at radius 2 is 1.68 bits per heavy atom. The number of benzene rings is 1. The van der Waals surface area contributed by atoms with E-state index in [-0.39, 0.29) is 6.61 Å². The van der Waals surface area contributed by atoms with Crippen LogP contribution in [0.1, 0.15) is 59.9 Å². The highest BCUT2D eigenvalue weighted by atomic mass is 16.6. The highest BCUT2D eigenvalue weighted by Crippen LogP contribution is 2.09. The summed E-state index contributed by atoms with van der Waals surface area (Å²) in [7, 11) is 0. The van der Waals surface area contributed by atoms with Crippen molar-refractivity contribution in [3.8, 4) is 0 Å². The molecule has 0 radical (unpaired) electrons. The fraction of sp³-hybridized carbons (Fsp3) is 0.519. The summed E-state index contributed by atoms with van der Waals surface area (Å²) in [6.45, 7) is 10.2. The molecule has 0 saturated heterocycles. The van der Waals surface area contributed by atoms with Crippen molar-refractivity contribution in [2.75, 3.05) is 13.1 Å². The van der Waals surface area contributed by atoms with Crippen LogP contribution >= 0.6 is 0 Å². The van der Waals surface area contributed by atoms with Crippen LogP contribution in [0.3, 0.4) is 0 Å². The maximum absolute atomic E-state index is 13.1. The van der Waals surface area contributed by atoms with Gasteiger partial charge < -0.3 is 20.1 Å². The lowest BCUT2D eigenvalue weighted by molar-refractivity contribution is -0.160. The molecule has 3 N–H and O–H groups in total. The number of carbonyl (C=O) groups excluding carboxylic acids is 5. The summed E-state index contributed by atoms with van der Waals surface area (Å²) in [5.41, 5.74) is 2.31. The van der Waals surface area contributed by atoms with Gasteiger partial charge in [0.2, 0.25) is 5.91 Å². The number of hydrogen-bond donors (Lipinski definition) is 3. The summed E-state index contributed by atoms with van der Waals surface area (Å²) in [5, 5.41) is 5.86. The van der Waals surface area contributed by atoms with Crippen LogP contribution in [-0.4, -0.2) is 59.5 Å². The van der Waals surface area contributed by atoms with Crippen molar-refractivity contribution in [1.29, 1.82) is 0 Å². The van der Waals surface area contributed by atoms with Gasteiger partial charge in [-0.25, -0.2) is 9.80 Å². The van der Waals surface area contributed by atoms with E-state index in [0.717, 1.165) is 35.6 Å². The maximum Gasteiger partial charge on any atom is 0.408 e. The predicted molar refractivity (Wildman–Crippen MR) is 141 cm³/mol. The third-order valence-electron chi connectivity index (χ3n) is 4.86. The third kappa shape index (κ3) is 13.4. The molecule has 0 aromatic heterocycles. The molecule has 0 bridgehead atoms. The number of esters is 1. The van der Waals surface area contributed by atoms with Gasteiger partial charge in [-0.2, -0.15) is 0 Å². The molecule has 0 unspecified atom stereocenters. The summed E-state index contributed by atoms with van der Waals surface area (Å²) in [4.78, 5) is 62.6. The summed E-state index contributed by atoms with van der Waals surface area (Å²) < 4.78 is 10.5. The Bertz CT molecular complexity index is 971. The molecular formula is C27H40N4O7. The zero-order valence-electron chi connectivity index (χ0n) is 23.0. The Balaban J connectivity index is 2.93. The van der Waals surface area contributed by atoms with Crippen molar-refractivity contribution >= 4 is 29.8 Å². The summed E-state index contributed by atoms with van der Waals surface area (Å²) >= 11 is 0. The number of nitrogens with one attached hydrogen (secondary N) is 3. The third-order valence-corrected chi connectivity index (χ3v) is 4.86. The Morgan fingerprint density at radius 1 is 1.03 bits per heavy atom. The van der Waals surface area contributed by atoms with Crippen molar-refractivity contribution < 1.29 is 33.4 Å². The van der Waals surface area contributed by atoms with Crippen molar-refractivity contribution in [1.82, 2.24) is 21.1 Å². The standard InChI is InChI=1S/C27H40N4O7/c1-7-8-16-28-21(32)14-15-22(33)31(17-23(34)38-27(4,5)6)30-25(35)24(19(2)3)29-26(36)37-18-20-12-10-9-11-13-20/h9-15,19,24H,7-8,16-18H2,1-6H3,(H,28,32)(H,29,36)(H,30,35)/b15-14+/t24-/m0/s1. The summed E-state index contributed by atoms with van der Waals surface area (Å²) in [6.07, 6.45) is 2.81. The van der Waals surface area contributed by atoms with Gasteiger partial charge in [-0.3, -0.25) is 24.6 Å². The van der Waals surface area contributed by atoms with Crippen molar-refractivity contribution in [2.24, 2.45) is 5.92 Å². The van der Waals surface area contributed by atoms with Crippen molar-refractivity contribution in [2.45, 2.75) is 72.6 Å². The number of amides is 4. The van der Waals surface area contributed by atoms with Gasteiger partial charge >= 0.3 is 12.1 Å². The molecule has 1 aromatic rings. The van der Waals surface area contributed by atoms with Gasteiger partial charge in [0.1, 0.15) is 24.8 Å². The van der Waals surface area contributed by atoms with E-state index in [1.165, 1.54) is 0 Å². The summed E-state index contributed by atoms with van der Waals surface area (Å²) in [6, 6.07) is 7.94. The topological polar surface area (TPSA) is 143 Å². The molecule has 0 aliphatic rings. The fourth-order valence-corrected chi connectivity index (χ4v) is 2.99. The first-order chi connectivity index (χ1) is 17.8. The van der Waals surface area contributed by atoms with E-state index in [2.05, 4.69) is 16.1 Å². The second kappa shape index (κ2) is 16.1. The average Bonchev–Trinajstić information content (AvgIpc) is 2.83. The van der Waals surface area contributed by atoms with Crippen molar-refractivity contribution in [3.63, 3.8) is 0 Å². The normalized spacial score (nSPS) is 12.0. The minimum absolute atomic E-state index is 0.00742. The zero-order valence-corrected chi connectivity index (χ0v) is 23.0. The Labute approximate surface area is 224 Å². The molecule has 0 fully saturated rings. The van der Waals surface area contributed by atoms with E-state index < -0.39 is 53.9 Å². The summed E-state index contributed by atoms with van der Waals surface area (Å²) in [5.74, 6) is -3.24. The van der Waals surface area contributed by atoms with Crippen molar-refractivity contribution in [3.05, 3.63) is 48.0 Å². The molecule has 0 aliphatic heterocycles. The minimum Gasteiger partial charge on any atom is -0.459 e. The SMILES string of the molecule is CCCCNC(=O)/C=C/C(=O)N(CC(=O)OC(C)(C)C)NC(=O)[C@@H](NC(=O)OCc1ccccc1)C(C)C. The zero-order chi connectivity index (χ0) is 28.7. The van der Waals surface area contributed by atoms with Crippen LogP contribution < -0.4 is 16.1 Å². The highest BCUT2D eigenvalue weighted by molar-refractivity contribution is 5.98. The van der Waals surface area contributed by atoms with Gasteiger partial charge in [0.15, 0.2) is 0 Å². The van der Waals surface area contributed by atoms with Gasteiger partial charge in [0.05, 0.1) is 0 Å². The van der Waals surface area contributed by atoms with Crippen LogP contribution in [0.15, 0.2) is 42.5 Å². The molecular weight excluding hydrogens is 492 g/mol. The van der Waals surface area contributed by atoms with Crippen LogP contribution in [0.4, 0.5) is 4.79 Å². The van der Waals surface area contributed by atoms with Crippen LogP contribution in [-0.2, 0) is 35.3 Å². The predicted octanol–water partition coefficient (Wildman–Crippen LogP) is 2.61. The monoisotopic (exact) mass is 532 g/mol. The van der Waals surface area contributed by atoms with E-state index in [1.54, 1.807) is 58.9 Å². The maximum atomic E-state index is 13.1. The second-order valence-electron chi connectivity index (χ2n) is 9.89. The lowest BCUT2D eigenvalue weighted by Crippen LogP contribution is -2.57. The lowest BCUT2D eigenvalue weighted by atomic mass is 10.0. The van der Waals surface area contributed by atoms with Gasteiger partial charge in [-0.15, -0.1) is 0 Å². The van der Waals surface area contributed by atoms with Gasteiger partial charge in [0, 0.05) is 18.7 Å². The number of ether oxygens (including phenoxy) is 2. The van der Waals surface area contributed by atoms with E-state index in [1.807, 2.05) is 13.0 Å². The van der Waals surface area contributed by atoms with Crippen LogP contribution in [0, 0.1) is 5.92 Å². The number of rotatable bonds is 12. The molecule has 0 spiro atoms. The van der Waals surface area contributed by atoms with Gasteiger partial charge in [0.25, 0.3) is 11.8 Å². The van der Waals surface area contributed by atoms with Crippen LogP contribution in [0.2, 0.25) is 0 Å². The molecule has 1 rings (SSSR count). The molecule has 4 amide bonds. The number of nitrogens with zero attached hydrogens (tertiary/aromatic N) is 1. The molecule has 1 atom stereocenters. The van der Waals surface area contributed by atoms with Gasteiger partial charge in [-0.05, 0) is 38.7 Å². The number of hydrogen-bond acceptors (Lipinski definition) is 7. The van der Waals surface area contributed by atoms with E-state index >= 15 is 0 Å². The average molecular weight is 533 g/mol. The molecule has 0 saturated carbocycles. The first-order valence-corrected chi connectivity index (χ1v) is 12.6. The number of hydrazine groups is 1. The van der Waals surface area contributed by atoms with Gasteiger partial charge in [-0.1, -0.05) is 57.5 Å². The Morgan fingerprint density at radius 3 is 2.26 bits per heavy atom. The minimum atomic E-state index is -1.09. The van der Waals surface area contributed by atoms with E-state index in [0.29, 0.717) is 6.54 Å². The number of unbranched alkanes of at least 4 members (excludes halogenated alkanes) is 1. The first-order valence-electron chi connectivity index (χ1n) is 12.6. The molecule has 0 aliphatic carbocycles. The molecule has 210 valence electrons. The number of alkyl carbamates (subject to hydrolysis) is 1. The Hall–Kier alpha value is -3.89. The quantitative estimate of drug-likeness (QED) is 0.162. The Kier molecular flexibility index (Phi) is 13.6. The largest absolute Gasteiger partial charge is 0.459 e. The smallest absolute Gasteiger partial charge is 0.408 e. The molecule has 11 nitrogen and oxygen atoms in total. The van der Waals surface area contributed by atoms with Crippen LogP contribution in [0.5, 0.6) is 0 Å². The molecule has 1 aromatic carbocycles. The van der Waals surface area contributed by atoms with E-state index in [9.17, 15) is 24.0 Å². The fourth-order valence-electron chi connectivity index (χ4n) is 2.99. The highest BCUT2D eigenvalue weighted by Gasteiger charge is 2.29. The van der Waals surface area contributed by atoms with E-state index in [4.69, 9.17) is 9.47 Å². The van der Waals surface area contributed by atoms with Crippen LogP contribution in [0.25, 0.3) is 0 Å².